The molecule has 0 aliphatic carbocycles. The molecule has 1 fully saturated rings. The average Bonchev–Trinajstić information content (AvgIpc) is 3.23. The molecule has 11 N–H and O–H groups in total. The molecular formula is C18H31N7O8. The Kier molecular flexibility index (Phi) is 11.0. The fourth-order valence-electron chi connectivity index (χ4n) is 3.27. The molecule has 0 aromatic rings. The molecule has 15 heteroatoms. The number of aliphatic hydroxyl groups is 1. The Bertz CT molecular complexity index is 771. The molecule has 186 valence electrons. The first kappa shape index (κ1) is 27.6. The quantitative estimate of drug-likeness (QED) is 0.0723. The number of guanidine groups is 1. The van der Waals surface area contributed by atoms with E-state index >= 15 is 0 Å². The molecule has 4 atom stereocenters. The van der Waals surface area contributed by atoms with Gasteiger partial charge in [-0.25, -0.2) is 4.79 Å². The van der Waals surface area contributed by atoms with Crippen LogP contribution in [0.4, 0.5) is 0 Å². The van der Waals surface area contributed by atoms with Crippen LogP contribution in [0.25, 0.3) is 0 Å². The van der Waals surface area contributed by atoms with Crippen molar-refractivity contribution in [1.29, 1.82) is 0 Å². The van der Waals surface area contributed by atoms with Gasteiger partial charge in [-0.05, 0) is 25.7 Å². The molecule has 0 aromatic heterocycles. The normalized spacial score (nSPS) is 18.0. The molecule has 0 aromatic carbocycles. The highest BCUT2D eigenvalue weighted by Gasteiger charge is 2.39. The number of nitrogens with zero attached hydrogens (tertiary/aromatic N) is 2. The van der Waals surface area contributed by atoms with E-state index in [1.54, 1.807) is 0 Å². The van der Waals surface area contributed by atoms with E-state index in [-0.39, 0.29) is 31.9 Å². The molecule has 4 unspecified atom stereocenters. The van der Waals surface area contributed by atoms with Crippen molar-refractivity contribution < 1.29 is 39.3 Å². The summed E-state index contributed by atoms with van der Waals surface area (Å²) in [4.78, 5) is 65.1. The van der Waals surface area contributed by atoms with Gasteiger partial charge in [0.2, 0.25) is 17.7 Å². The molecule has 0 spiro atoms. The first-order chi connectivity index (χ1) is 15.5. The van der Waals surface area contributed by atoms with Gasteiger partial charge in [-0.15, -0.1) is 0 Å². The molecule has 0 radical (unpaired) electrons. The fraction of sp³-hybridized carbons (Fsp3) is 0.667. The molecule has 1 aliphatic rings. The number of amides is 3. The Morgan fingerprint density at radius 2 is 1.76 bits per heavy atom. The summed E-state index contributed by atoms with van der Waals surface area (Å²) < 4.78 is 0. The molecule has 3 amide bonds. The van der Waals surface area contributed by atoms with E-state index in [0.717, 1.165) is 0 Å². The van der Waals surface area contributed by atoms with E-state index in [1.807, 2.05) is 0 Å². The third-order valence-electron chi connectivity index (χ3n) is 4.93. The van der Waals surface area contributed by atoms with Gasteiger partial charge in [-0.3, -0.25) is 24.2 Å². The highest BCUT2D eigenvalue weighted by molar-refractivity contribution is 5.95. The maximum absolute atomic E-state index is 13.2. The van der Waals surface area contributed by atoms with E-state index in [4.69, 9.17) is 32.5 Å². The van der Waals surface area contributed by atoms with Crippen molar-refractivity contribution in [2.24, 2.45) is 22.2 Å². The summed E-state index contributed by atoms with van der Waals surface area (Å²) in [6, 6.07) is -5.07. The largest absolute Gasteiger partial charge is 0.481 e. The number of carbonyl (C=O) groups excluding carboxylic acids is 3. The number of hydrogen-bond donors (Lipinski definition) is 8. The van der Waals surface area contributed by atoms with Crippen LogP contribution in [-0.4, -0.2) is 99.7 Å². The minimum atomic E-state index is -1.66. The number of rotatable bonds is 13. The van der Waals surface area contributed by atoms with Crippen LogP contribution in [0.3, 0.4) is 0 Å². The van der Waals surface area contributed by atoms with Crippen LogP contribution in [-0.2, 0) is 24.0 Å². The zero-order valence-corrected chi connectivity index (χ0v) is 18.0. The highest BCUT2D eigenvalue weighted by atomic mass is 16.4. The van der Waals surface area contributed by atoms with Gasteiger partial charge in [0.25, 0.3) is 0 Å². The molecule has 0 bridgehead atoms. The van der Waals surface area contributed by atoms with Crippen LogP contribution in [0.15, 0.2) is 4.99 Å². The van der Waals surface area contributed by atoms with Gasteiger partial charge < -0.3 is 48.1 Å². The number of aliphatic imine (C=N–C) groups is 1. The fourth-order valence-corrected chi connectivity index (χ4v) is 3.27. The van der Waals surface area contributed by atoms with Crippen molar-refractivity contribution in [3.8, 4) is 0 Å². The summed E-state index contributed by atoms with van der Waals surface area (Å²) in [5, 5.41) is 31.7. The zero-order chi connectivity index (χ0) is 25.1. The maximum atomic E-state index is 13.2. The average molecular weight is 473 g/mol. The minimum Gasteiger partial charge on any atom is -0.481 e. The second-order valence-electron chi connectivity index (χ2n) is 7.49. The van der Waals surface area contributed by atoms with Crippen LogP contribution in [0, 0.1) is 0 Å². The Morgan fingerprint density at radius 1 is 1.09 bits per heavy atom. The zero-order valence-electron chi connectivity index (χ0n) is 18.0. The molecule has 15 nitrogen and oxygen atoms in total. The number of nitrogens with two attached hydrogens (primary N) is 3. The van der Waals surface area contributed by atoms with Crippen LogP contribution in [0.2, 0.25) is 0 Å². The molecule has 1 rings (SSSR count). The lowest BCUT2D eigenvalue weighted by molar-refractivity contribution is -0.148. The van der Waals surface area contributed by atoms with Gasteiger partial charge in [0.05, 0.1) is 13.0 Å². The van der Waals surface area contributed by atoms with E-state index in [1.165, 1.54) is 4.90 Å². The number of carboxylic acid groups (broad SMARTS) is 2. The monoisotopic (exact) mass is 473 g/mol. The first-order valence-electron chi connectivity index (χ1n) is 10.3. The summed E-state index contributed by atoms with van der Waals surface area (Å²) in [7, 11) is 0. The second kappa shape index (κ2) is 13.2. The van der Waals surface area contributed by atoms with Crippen LogP contribution >= 0.6 is 0 Å². The smallest absolute Gasteiger partial charge is 0.326 e. The molecular weight excluding hydrogens is 442 g/mol. The third-order valence-corrected chi connectivity index (χ3v) is 4.93. The standard InChI is InChI=1S/C18H31N7O8/c19-9(8-26)14(29)23-10(3-1-5-22-18(20)21)16(31)25-6-2-4-12(25)15(30)24-11(17(32)33)7-13(27)28/h9-12,26H,1-8,19H2,(H,23,29)(H,24,30)(H,27,28)(H,32,33)(H4,20,21,22). The number of likely N-dealkylation sites (tertiary alicyclic amines) is 1. The summed E-state index contributed by atoms with van der Waals surface area (Å²) in [5.74, 6) is -5.27. The van der Waals surface area contributed by atoms with E-state index < -0.39 is 66.9 Å². The number of carboxylic acids is 2. The van der Waals surface area contributed by atoms with Crippen molar-refractivity contribution in [3.63, 3.8) is 0 Å². The predicted octanol–water partition coefficient (Wildman–Crippen LogP) is -4.12. The molecule has 1 aliphatic heterocycles. The Hall–Kier alpha value is -3.46. The summed E-state index contributed by atoms with van der Waals surface area (Å²) in [6.07, 6.45) is 0.228. The molecule has 0 saturated carbocycles. The Balaban J connectivity index is 2.96. The number of aliphatic hydroxyl groups excluding tert-OH is 1. The SMILES string of the molecule is NC(N)=NCCCC(NC(=O)C(N)CO)C(=O)N1CCCC1C(=O)NC(CC(=O)O)C(=O)O. The lowest BCUT2D eigenvalue weighted by Gasteiger charge is -2.29. The van der Waals surface area contributed by atoms with Crippen LogP contribution < -0.4 is 27.8 Å². The van der Waals surface area contributed by atoms with Gasteiger partial charge in [0.15, 0.2) is 5.96 Å². The number of carbonyl (C=O) groups is 5. The highest BCUT2D eigenvalue weighted by Crippen LogP contribution is 2.20. The van der Waals surface area contributed by atoms with Crippen molar-refractivity contribution in [2.75, 3.05) is 19.7 Å². The van der Waals surface area contributed by atoms with Crippen molar-refractivity contribution in [1.82, 2.24) is 15.5 Å². The third kappa shape index (κ3) is 8.89. The maximum Gasteiger partial charge on any atom is 0.326 e. The lowest BCUT2D eigenvalue weighted by Crippen LogP contribution is -2.57. The minimum absolute atomic E-state index is 0.0983. The Labute approximate surface area is 189 Å². The predicted molar refractivity (Wildman–Crippen MR) is 113 cm³/mol. The molecule has 33 heavy (non-hydrogen) atoms. The van der Waals surface area contributed by atoms with Gasteiger partial charge in [-0.1, -0.05) is 0 Å². The first-order valence-corrected chi connectivity index (χ1v) is 10.3. The number of nitrogens with one attached hydrogen (secondary N) is 2. The summed E-state index contributed by atoms with van der Waals surface area (Å²) >= 11 is 0. The Morgan fingerprint density at radius 3 is 2.30 bits per heavy atom. The van der Waals surface area contributed by atoms with E-state index in [2.05, 4.69) is 15.6 Å². The number of aliphatic carboxylic acids is 2. The second-order valence-corrected chi connectivity index (χ2v) is 7.49. The van der Waals surface area contributed by atoms with E-state index in [0.29, 0.717) is 12.8 Å². The topological polar surface area (TPSA) is 264 Å². The van der Waals surface area contributed by atoms with Gasteiger partial charge >= 0.3 is 11.9 Å². The van der Waals surface area contributed by atoms with Gasteiger partial charge in [-0.2, -0.15) is 0 Å². The van der Waals surface area contributed by atoms with Gasteiger partial charge in [0.1, 0.15) is 24.2 Å². The van der Waals surface area contributed by atoms with Gasteiger partial charge in [0, 0.05) is 13.1 Å². The lowest BCUT2D eigenvalue weighted by atomic mass is 10.1. The van der Waals surface area contributed by atoms with Crippen LogP contribution in [0.5, 0.6) is 0 Å². The summed E-state index contributed by atoms with van der Waals surface area (Å²) in [5.41, 5.74) is 16.0. The van der Waals surface area contributed by atoms with Crippen molar-refractivity contribution >= 4 is 35.6 Å². The van der Waals surface area contributed by atoms with E-state index in [9.17, 15) is 24.0 Å². The van der Waals surface area contributed by atoms with Crippen molar-refractivity contribution in [3.05, 3.63) is 0 Å². The molecule has 1 saturated heterocycles. The number of hydrogen-bond acceptors (Lipinski definition) is 8. The summed E-state index contributed by atoms with van der Waals surface area (Å²) in [6.45, 7) is -0.303. The molecule has 1 heterocycles. The van der Waals surface area contributed by atoms with Crippen LogP contribution in [0.1, 0.15) is 32.1 Å². The van der Waals surface area contributed by atoms with Crippen molar-refractivity contribution in [2.45, 2.75) is 56.3 Å².